The van der Waals surface area contributed by atoms with Crippen LogP contribution in [0.25, 0.3) is 11.0 Å². The van der Waals surface area contributed by atoms with Crippen molar-refractivity contribution in [3.63, 3.8) is 0 Å². The summed E-state index contributed by atoms with van der Waals surface area (Å²) in [6.45, 7) is 1.91. The van der Waals surface area contributed by atoms with E-state index in [1.54, 1.807) is 11.8 Å². The lowest BCUT2D eigenvalue weighted by molar-refractivity contribution is 0.804. The van der Waals surface area contributed by atoms with Crippen LogP contribution in [-0.4, -0.2) is 15.3 Å². The third-order valence-corrected chi connectivity index (χ3v) is 4.01. The molecular formula is C12H12ClN3S. The van der Waals surface area contributed by atoms with E-state index in [1.165, 1.54) is 0 Å². The smallest absolute Gasteiger partial charge is 0.168 e. The molecule has 1 aromatic carbocycles. The number of aryl methyl sites for hydroxylation is 1. The second-order valence-electron chi connectivity index (χ2n) is 3.93. The van der Waals surface area contributed by atoms with Gasteiger partial charge in [-0.1, -0.05) is 23.4 Å². The fourth-order valence-corrected chi connectivity index (χ4v) is 2.61. The van der Waals surface area contributed by atoms with Crippen molar-refractivity contribution < 1.29 is 0 Å². The zero-order valence-electron chi connectivity index (χ0n) is 9.64. The number of hydrogen-bond donors (Lipinski definition) is 0. The molecule has 3 nitrogen and oxygen atoms in total. The van der Waals surface area contributed by atoms with Crippen molar-refractivity contribution in [1.29, 1.82) is 5.26 Å². The van der Waals surface area contributed by atoms with Crippen LogP contribution in [0.4, 0.5) is 0 Å². The summed E-state index contributed by atoms with van der Waals surface area (Å²) in [7, 11) is 1.97. The number of nitriles is 1. The summed E-state index contributed by atoms with van der Waals surface area (Å²) in [4.78, 5) is 4.51. The van der Waals surface area contributed by atoms with Gasteiger partial charge in [-0.05, 0) is 25.1 Å². The Hall–Kier alpha value is -1.18. The van der Waals surface area contributed by atoms with Gasteiger partial charge in [-0.15, -0.1) is 0 Å². The molecule has 0 amide bonds. The van der Waals surface area contributed by atoms with E-state index < -0.39 is 0 Å². The van der Waals surface area contributed by atoms with Gasteiger partial charge in [-0.25, -0.2) is 4.98 Å². The highest BCUT2D eigenvalue weighted by Crippen LogP contribution is 2.26. The van der Waals surface area contributed by atoms with Gasteiger partial charge in [-0.2, -0.15) is 5.26 Å². The lowest BCUT2D eigenvalue weighted by Gasteiger charge is -2.02. The molecule has 0 radical (unpaired) electrons. The standard InChI is InChI=1S/C12H12ClN3S/c1-8(6-14)7-17-12-15-10-5-9(13)3-4-11(10)16(12)2/h3-5,8H,7H2,1-2H3. The summed E-state index contributed by atoms with van der Waals surface area (Å²) < 4.78 is 2.03. The molecule has 0 aliphatic heterocycles. The maximum absolute atomic E-state index is 8.75. The summed E-state index contributed by atoms with van der Waals surface area (Å²) >= 11 is 7.53. The monoisotopic (exact) mass is 265 g/mol. The van der Waals surface area contributed by atoms with Crippen LogP contribution in [0.1, 0.15) is 6.92 Å². The number of fused-ring (bicyclic) bond motifs is 1. The van der Waals surface area contributed by atoms with Crippen molar-refractivity contribution in [3.05, 3.63) is 23.2 Å². The quantitative estimate of drug-likeness (QED) is 0.798. The maximum atomic E-state index is 8.75. The predicted molar refractivity (Wildman–Crippen MR) is 71.2 cm³/mol. The Labute approximate surface area is 109 Å². The van der Waals surface area contributed by atoms with E-state index in [-0.39, 0.29) is 5.92 Å². The predicted octanol–water partition coefficient (Wildman–Crippen LogP) is 3.48. The molecule has 88 valence electrons. The number of halogens is 1. The molecule has 1 atom stereocenters. The average molecular weight is 266 g/mol. The van der Waals surface area contributed by atoms with Crippen molar-refractivity contribution in [1.82, 2.24) is 9.55 Å². The van der Waals surface area contributed by atoms with E-state index in [9.17, 15) is 0 Å². The Morgan fingerprint density at radius 3 is 3.06 bits per heavy atom. The van der Waals surface area contributed by atoms with Crippen LogP contribution in [0.2, 0.25) is 5.02 Å². The van der Waals surface area contributed by atoms with Gasteiger partial charge < -0.3 is 4.57 Å². The molecule has 5 heteroatoms. The van der Waals surface area contributed by atoms with Crippen LogP contribution in [-0.2, 0) is 7.05 Å². The lowest BCUT2D eigenvalue weighted by Crippen LogP contribution is -1.97. The molecule has 0 saturated heterocycles. The third kappa shape index (κ3) is 2.56. The van der Waals surface area contributed by atoms with Gasteiger partial charge in [0, 0.05) is 17.8 Å². The van der Waals surface area contributed by atoms with E-state index >= 15 is 0 Å². The first-order valence-electron chi connectivity index (χ1n) is 5.26. The van der Waals surface area contributed by atoms with Crippen LogP contribution in [0, 0.1) is 17.2 Å². The van der Waals surface area contributed by atoms with Crippen molar-refractivity contribution in [2.45, 2.75) is 12.1 Å². The highest BCUT2D eigenvalue weighted by atomic mass is 35.5. The molecule has 0 fully saturated rings. The van der Waals surface area contributed by atoms with Crippen molar-refractivity contribution in [3.8, 4) is 6.07 Å². The zero-order chi connectivity index (χ0) is 12.4. The summed E-state index contributed by atoms with van der Waals surface area (Å²) in [5.41, 5.74) is 1.95. The Morgan fingerprint density at radius 1 is 1.59 bits per heavy atom. The molecule has 0 bridgehead atoms. The van der Waals surface area contributed by atoms with Gasteiger partial charge in [-0.3, -0.25) is 0 Å². The fourth-order valence-electron chi connectivity index (χ4n) is 1.52. The summed E-state index contributed by atoms with van der Waals surface area (Å²) in [5.74, 6) is 0.782. The highest BCUT2D eigenvalue weighted by molar-refractivity contribution is 7.99. The molecule has 0 saturated carbocycles. The van der Waals surface area contributed by atoms with E-state index in [0.717, 1.165) is 21.9 Å². The molecule has 0 aliphatic rings. The van der Waals surface area contributed by atoms with Gasteiger partial charge >= 0.3 is 0 Å². The number of imidazole rings is 1. The van der Waals surface area contributed by atoms with Crippen LogP contribution < -0.4 is 0 Å². The fraction of sp³-hybridized carbons (Fsp3) is 0.333. The van der Waals surface area contributed by atoms with Gasteiger partial charge in [0.2, 0.25) is 0 Å². The number of nitrogens with zero attached hydrogens (tertiary/aromatic N) is 3. The van der Waals surface area contributed by atoms with E-state index in [0.29, 0.717) is 5.02 Å². The molecule has 1 unspecified atom stereocenters. The normalized spacial score (nSPS) is 12.6. The van der Waals surface area contributed by atoms with Gasteiger partial charge in [0.05, 0.1) is 23.0 Å². The first-order chi connectivity index (χ1) is 8.11. The minimum atomic E-state index is 0.0309. The number of aromatic nitrogens is 2. The molecule has 0 aliphatic carbocycles. The average Bonchev–Trinajstić information content (AvgIpc) is 2.62. The lowest BCUT2D eigenvalue weighted by atomic mass is 10.3. The van der Waals surface area contributed by atoms with Crippen LogP contribution >= 0.6 is 23.4 Å². The Balaban J connectivity index is 2.30. The number of thioether (sulfide) groups is 1. The minimum Gasteiger partial charge on any atom is -0.322 e. The number of hydrogen-bond acceptors (Lipinski definition) is 3. The van der Waals surface area contributed by atoms with Gasteiger partial charge in [0.1, 0.15) is 0 Å². The zero-order valence-corrected chi connectivity index (χ0v) is 11.2. The van der Waals surface area contributed by atoms with Crippen LogP contribution in [0.5, 0.6) is 0 Å². The highest BCUT2D eigenvalue weighted by Gasteiger charge is 2.10. The van der Waals surface area contributed by atoms with E-state index in [1.807, 2.05) is 36.7 Å². The molecule has 2 aromatic rings. The van der Waals surface area contributed by atoms with E-state index in [2.05, 4.69) is 11.1 Å². The Morgan fingerprint density at radius 2 is 2.35 bits per heavy atom. The number of rotatable bonds is 3. The third-order valence-electron chi connectivity index (χ3n) is 2.48. The Bertz CT molecular complexity index is 585. The molecular weight excluding hydrogens is 254 g/mol. The topological polar surface area (TPSA) is 41.6 Å². The largest absolute Gasteiger partial charge is 0.322 e. The molecule has 0 spiro atoms. The first-order valence-corrected chi connectivity index (χ1v) is 6.62. The number of benzene rings is 1. The first kappa shape index (κ1) is 12.3. The molecule has 1 aromatic heterocycles. The second-order valence-corrected chi connectivity index (χ2v) is 5.35. The van der Waals surface area contributed by atoms with Crippen LogP contribution in [0.3, 0.4) is 0 Å². The van der Waals surface area contributed by atoms with E-state index in [4.69, 9.17) is 16.9 Å². The molecule has 2 rings (SSSR count). The van der Waals surface area contributed by atoms with Gasteiger partial charge in [0.15, 0.2) is 5.16 Å². The van der Waals surface area contributed by atoms with Crippen LogP contribution in [0.15, 0.2) is 23.4 Å². The summed E-state index contributed by atoms with van der Waals surface area (Å²) in [5, 5.41) is 10.4. The molecule has 1 heterocycles. The van der Waals surface area contributed by atoms with Crippen molar-refractivity contribution >= 4 is 34.4 Å². The Kier molecular flexibility index (Phi) is 3.60. The van der Waals surface area contributed by atoms with Gasteiger partial charge in [0.25, 0.3) is 0 Å². The molecule has 0 N–H and O–H groups in total. The minimum absolute atomic E-state index is 0.0309. The summed E-state index contributed by atoms with van der Waals surface area (Å²) in [6.07, 6.45) is 0. The molecule has 17 heavy (non-hydrogen) atoms. The van der Waals surface area contributed by atoms with Crippen molar-refractivity contribution in [2.75, 3.05) is 5.75 Å². The SMILES string of the molecule is CC(C#N)CSc1nc2cc(Cl)ccc2n1C. The maximum Gasteiger partial charge on any atom is 0.168 e. The van der Waals surface area contributed by atoms with Crippen molar-refractivity contribution in [2.24, 2.45) is 13.0 Å². The summed E-state index contributed by atoms with van der Waals surface area (Å²) in [6, 6.07) is 7.89. The second kappa shape index (κ2) is 4.99.